The van der Waals surface area contributed by atoms with Gasteiger partial charge in [-0.1, -0.05) is 12.1 Å². The van der Waals surface area contributed by atoms with Gasteiger partial charge in [-0.3, -0.25) is 0 Å². The maximum absolute atomic E-state index is 6.09. The Morgan fingerprint density at radius 2 is 2.22 bits per heavy atom. The van der Waals surface area contributed by atoms with E-state index in [4.69, 9.17) is 5.73 Å². The zero-order chi connectivity index (χ0) is 12.5. The molecule has 0 aliphatic carbocycles. The van der Waals surface area contributed by atoms with Crippen LogP contribution in [-0.2, 0) is 13.5 Å². The number of aromatic nitrogens is 5. The summed E-state index contributed by atoms with van der Waals surface area (Å²) in [5.41, 5.74) is 8.94. The molecule has 1 unspecified atom stereocenters. The highest BCUT2D eigenvalue weighted by molar-refractivity contribution is 5.75. The monoisotopic (exact) mass is 242 g/mol. The van der Waals surface area contributed by atoms with Gasteiger partial charge in [-0.25, -0.2) is 4.98 Å². The molecule has 0 spiro atoms. The summed E-state index contributed by atoms with van der Waals surface area (Å²) in [4.78, 5) is 4.59. The predicted octanol–water partition coefficient (Wildman–Crippen LogP) is 0.934. The van der Waals surface area contributed by atoms with Crippen LogP contribution in [0.4, 0.5) is 0 Å². The van der Waals surface area contributed by atoms with Crippen molar-refractivity contribution in [2.24, 2.45) is 12.8 Å². The SMILES string of the molecule is Cn1c(CC(N)c2cn[nH]n2)nc2ccccc21. The van der Waals surface area contributed by atoms with Gasteiger partial charge in [0.1, 0.15) is 5.82 Å². The summed E-state index contributed by atoms with van der Waals surface area (Å²) in [6.07, 6.45) is 2.28. The molecular weight excluding hydrogens is 228 g/mol. The van der Waals surface area contributed by atoms with Crippen LogP contribution in [0, 0.1) is 0 Å². The highest BCUT2D eigenvalue weighted by Gasteiger charge is 2.14. The minimum Gasteiger partial charge on any atom is -0.331 e. The second-order valence-electron chi connectivity index (χ2n) is 4.28. The fraction of sp³-hybridized carbons (Fsp3) is 0.250. The number of imidazole rings is 1. The first-order valence-corrected chi connectivity index (χ1v) is 5.77. The van der Waals surface area contributed by atoms with Gasteiger partial charge >= 0.3 is 0 Å². The molecule has 2 heterocycles. The van der Waals surface area contributed by atoms with Crippen molar-refractivity contribution in [1.82, 2.24) is 25.0 Å². The van der Waals surface area contributed by atoms with E-state index < -0.39 is 0 Å². The molecule has 3 aromatic rings. The molecule has 0 amide bonds. The number of hydrogen-bond acceptors (Lipinski definition) is 4. The van der Waals surface area contributed by atoms with Gasteiger partial charge in [-0.15, -0.1) is 0 Å². The quantitative estimate of drug-likeness (QED) is 0.715. The third kappa shape index (κ3) is 1.76. The van der Waals surface area contributed by atoms with Crippen LogP contribution in [0.5, 0.6) is 0 Å². The standard InChI is InChI=1S/C12H14N6/c1-18-11-5-3-2-4-9(11)15-12(18)6-8(13)10-7-14-17-16-10/h2-5,7-8H,6,13H2,1H3,(H,14,16,17). The van der Waals surface area contributed by atoms with Crippen LogP contribution in [-0.4, -0.2) is 25.0 Å². The minimum absolute atomic E-state index is 0.195. The normalized spacial score (nSPS) is 13.0. The largest absolute Gasteiger partial charge is 0.331 e. The second-order valence-corrected chi connectivity index (χ2v) is 4.28. The van der Waals surface area contributed by atoms with E-state index in [1.54, 1.807) is 6.20 Å². The molecule has 0 bridgehead atoms. The van der Waals surface area contributed by atoms with E-state index in [0.717, 1.165) is 22.6 Å². The van der Waals surface area contributed by atoms with E-state index in [0.29, 0.717) is 6.42 Å². The minimum atomic E-state index is -0.195. The molecule has 92 valence electrons. The first-order chi connectivity index (χ1) is 8.75. The highest BCUT2D eigenvalue weighted by Crippen LogP contribution is 2.18. The number of nitrogens with zero attached hydrogens (tertiary/aromatic N) is 4. The molecule has 6 heteroatoms. The van der Waals surface area contributed by atoms with E-state index in [9.17, 15) is 0 Å². The Hall–Kier alpha value is -2.21. The van der Waals surface area contributed by atoms with E-state index in [1.165, 1.54) is 0 Å². The van der Waals surface area contributed by atoms with E-state index in [1.807, 2.05) is 31.3 Å². The number of fused-ring (bicyclic) bond motifs is 1. The Morgan fingerprint density at radius 1 is 1.39 bits per heavy atom. The number of aryl methyl sites for hydroxylation is 1. The maximum atomic E-state index is 6.09. The van der Waals surface area contributed by atoms with E-state index >= 15 is 0 Å². The molecule has 2 aromatic heterocycles. The van der Waals surface area contributed by atoms with Crippen molar-refractivity contribution >= 4 is 11.0 Å². The fourth-order valence-corrected chi connectivity index (χ4v) is 2.07. The third-order valence-corrected chi connectivity index (χ3v) is 3.10. The zero-order valence-corrected chi connectivity index (χ0v) is 10.0. The molecule has 1 atom stereocenters. The van der Waals surface area contributed by atoms with Crippen LogP contribution in [0.1, 0.15) is 17.6 Å². The van der Waals surface area contributed by atoms with Gasteiger partial charge < -0.3 is 10.3 Å². The summed E-state index contributed by atoms with van der Waals surface area (Å²) < 4.78 is 2.06. The molecule has 3 rings (SSSR count). The molecule has 0 radical (unpaired) electrons. The summed E-state index contributed by atoms with van der Waals surface area (Å²) in [7, 11) is 2.00. The Balaban J connectivity index is 1.93. The van der Waals surface area contributed by atoms with Crippen LogP contribution in [0.25, 0.3) is 11.0 Å². The van der Waals surface area contributed by atoms with Crippen molar-refractivity contribution in [2.75, 3.05) is 0 Å². The Morgan fingerprint density at radius 3 is 2.94 bits per heavy atom. The van der Waals surface area contributed by atoms with Gasteiger partial charge in [-0.05, 0) is 12.1 Å². The first kappa shape index (κ1) is 10.9. The number of nitrogens with one attached hydrogen (secondary N) is 1. The number of rotatable bonds is 3. The molecule has 0 fully saturated rings. The molecule has 18 heavy (non-hydrogen) atoms. The number of hydrogen-bond donors (Lipinski definition) is 2. The zero-order valence-electron chi connectivity index (χ0n) is 10.0. The fourth-order valence-electron chi connectivity index (χ4n) is 2.07. The Kier molecular flexibility index (Phi) is 2.56. The molecule has 0 saturated heterocycles. The van der Waals surface area contributed by atoms with Crippen LogP contribution in [0.15, 0.2) is 30.5 Å². The molecule has 6 nitrogen and oxygen atoms in total. The number of nitrogens with two attached hydrogens (primary N) is 1. The van der Waals surface area contributed by atoms with E-state index in [2.05, 4.69) is 25.0 Å². The second kappa shape index (κ2) is 4.23. The summed E-state index contributed by atoms with van der Waals surface area (Å²) in [6.45, 7) is 0. The van der Waals surface area contributed by atoms with Crippen LogP contribution < -0.4 is 5.73 Å². The van der Waals surface area contributed by atoms with Crippen molar-refractivity contribution in [2.45, 2.75) is 12.5 Å². The maximum Gasteiger partial charge on any atom is 0.111 e. The number of benzene rings is 1. The lowest BCUT2D eigenvalue weighted by molar-refractivity contribution is 0.645. The summed E-state index contributed by atoms with van der Waals surface area (Å²) >= 11 is 0. The first-order valence-electron chi connectivity index (χ1n) is 5.77. The van der Waals surface area contributed by atoms with Crippen molar-refractivity contribution in [3.05, 3.63) is 42.0 Å². The third-order valence-electron chi connectivity index (χ3n) is 3.10. The van der Waals surface area contributed by atoms with Crippen LogP contribution >= 0.6 is 0 Å². The lowest BCUT2D eigenvalue weighted by Gasteiger charge is -2.07. The van der Waals surface area contributed by atoms with Gasteiger partial charge in [0.15, 0.2) is 0 Å². The van der Waals surface area contributed by atoms with Gasteiger partial charge in [0, 0.05) is 13.5 Å². The summed E-state index contributed by atoms with van der Waals surface area (Å²) in [5, 5.41) is 10.3. The highest BCUT2D eigenvalue weighted by atomic mass is 15.3. The molecular formula is C12H14N6. The average Bonchev–Trinajstić information content (AvgIpc) is 3.00. The number of para-hydroxylation sites is 2. The molecule has 3 N–H and O–H groups in total. The average molecular weight is 242 g/mol. The lowest BCUT2D eigenvalue weighted by Crippen LogP contribution is -2.16. The van der Waals surface area contributed by atoms with Crippen LogP contribution in [0.2, 0.25) is 0 Å². The summed E-state index contributed by atoms with van der Waals surface area (Å²) in [5.74, 6) is 0.951. The van der Waals surface area contributed by atoms with Crippen molar-refractivity contribution < 1.29 is 0 Å². The molecule has 0 aliphatic heterocycles. The van der Waals surface area contributed by atoms with Gasteiger partial charge in [0.25, 0.3) is 0 Å². The van der Waals surface area contributed by atoms with Gasteiger partial charge in [-0.2, -0.15) is 15.4 Å². The predicted molar refractivity (Wildman–Crippen MR) is 67.7 cm³/mol. The lowest BCUT2D eigenvalue weighted by atomic mass is 10.1. The van der Waals surface area contributed by atoms with Crippen LogP contribution in [0.3, 0.4) is 0 Å². The van der Waals surface area contributed by atoms with Crippen molar-refractivity contribution in [3.8, 4) is 0 Å². The smallest absolute Gasteiger partial charge is 0.111 e. The molecule has 1 aromatic carbocycles. The summed E-state index contributed by atoms with van der Waals surface area (Å²) in [6, 6.07) is 7.84. The molecule has 0 aliphatic rings. The molecule has 0 saturated carbocycles. The van der Waals surface area contributed by atoms with Gasteiger partial charge in [0.05, 0.1) is 29.0 Å². The van der Waals surface area contributed by atoms with E-state index in [-0.39, 0.29) is 6.04 Å². The van der Waals surface area contributed by atoms with Crippen molar-refractivity contribution in [1.29, 1.82) is 0 Å². The van der Waals surface area contributed by atoms with Crippen molar-refractivity contribution in [3.63, 3.8) is 0 Å². The Labute approximate surface area is 104 Å². The van der Waals surface area contributed by atoms with Gasteiger partial charge in [0.2, 0.25) is 0 Å². The number of H-pyrrole nitrogens is 1. The topological polar surface area (TPSA) is 85.4 Å². The number of aromatic amines is 1. The Bertz CT molecular complexity index is 654.